The third-order valence-corrected chi connectivity index (χ3v) is 7.31. The van der Waals surface area contributed by atoms with E-state index in [2.05, 4.69) is 50.0 Å². The van der Waals surface area contributed by atoms with Crippen LogP contribution in [-0.2, 0) is 11.3 Å². The van der Waals surface area contributed by atoms with E-state index in [1.54, 1.807) is 0 Å². The maximum absolute atomic E-state index is 12.8. The van der Waals surface area contributed by atoms with Crippen molar-refractivity contribution in [2.45, 2.75) is 64.0 Å². The van der Waals surface area contributed by atoms with Crippen molar-refractivity contribution in [1.29, 1.82) is 0 Å². The molecule has 0 N–H and O–H groups in total. The van der Waals surface area contributed by atoms with Crippen LogP contribution >= 0.6 is 15.9 Å². The minimum Gasteiger partial charge on any atom is -0.339 e. The van der Waals surface area contributed by atoms with Crippen LogP contribution in [0.5, 0.6) is 0 Å². The number of rotatable bonds is 4. The summed E-state index contributed by atoms with van der Waals surface area (Å²) in [4.78, 5) is 17.7. The number of carbonyl (C=O) groups excluding carboxylic acids is 1. The van der Waals surface area contributed by atoms with Gasteiger partial charge < -0.3 is 4.90 Å². The quantitative estimate of drug-likeness (QED) is 0.697. The predicted molar refractivity (Wildman–Crippen MR) is 109 cm³/mol. The van der Waals surface area contributed by atoms with Gasteiger partial charge in [0.05, 0.1) is 0 Å². The Bertz CT molecular complexity index is 622. The first-order chi connectivity index (χ1) is 12.7. The summed E-state index contributed by atoms with van der Waals surface area (Å²) in [5.74, 6) is 1.55. The molecule has 1 saturated carbocycles. The number of benzene rings is 1. The fraction of sp³-hybridized carbons (Fsp3) is 0.682. The van der Waals surface area contributed by atoms with Crippen molar-refractivity contribution in [3.63, 3.8) is 0 Å². The summed E-state index contributed by atoms with van der Waals surface area (Å²) in [6.45, 7) is 4.36. The zero-order valence-corrected chi connectivity index (χ0v) is 17.3. The molecule has 2 saturated heterocycles. The monoisotopic (exact) mass is 418 g/mol. The smallest absolute Gasteiger partial charge is 0.225 e. The predicted octanol–water partition coefficient (Wildman–Crippen LogP) is 4.84. The lowest BCUT2D eigenvalue weighted by Crippen LogP contribution is -2.48. The Morgan fingerprint density at radius 3 is 2.46 bits per heavy atom. The van der Waals surface area contributed by atoms with Gasteiger partial charge in [0.2, 0.25) is 5.91 Å². The van der Waals surface area contributed by atoms with E-state index in [0.29, 0.717) is 23.8 Å². The molecule has 0 radical (unpaired) electrons. The molecule has 4 heteroatoms. The highest BCUT2D eigenvalue weighted by molar-refractivity contribution is 9.10. The molecule has 1 aromatic carbocycles. The summed E-state index contributed by atoms with van der Waals surface area (Å²) in [6, 6.07) is 9.07. The van der Waals surface area contributed by atoms with Crippen LogP contribution < -0.4 is 0 Å². The van der Waals surface area contributed by atoms with E-state index in [-0.39, 0.29) is 0 Å². The highest BCUT2D eigenvalue weighted by Crippen LogP contribution is 2.36. The third-order valence-electron chi connectivity index (χ3n) is 6.54. The first-order valence-electron chi connectivity index (χ1n) is 10.5. The second-order valence-corrected chi connectivity index (χ2v) is 9.28. The van der Waals surface area contributed by atoms with Crippen molar-refractivity contribution in [3.05, 3.63) is 34.3 Å². The third kappa shape index (κ3) is 4.33. The van der Waals surface area contributed by atoms with Crippen molar-refractivity contribution in [2.24, 2.45) is 11.8 Å². The zero-order chi connectivity index (χ0) is 17.9. The van der Waals surface area contributed by atoms with E-state index in [4.69, 9.17) is 0 Å². The maximum atomic E-state index is 12.8. The molecule has 2 aliphatic heterocycles. The first-order valence-corrected chi connectivity index (χ1v) is 11.3. The first kappa shape index (κ1) is 18.5. The molecule has 1 unspecified atom stereocenters. The van der Waals surface area contributed by atoms with Gasteiger partial charge in [-0.2, -0.15) is 0 Å². The van der Waals surface area contributed by atoms with Gasteiger partial charge >= 0.3 is 0 Å². The Labute approximate surface area is 166 Å². The van der Waals surface area contributed by atoms with Crippen LogP contribution in [0.15, 0.2) is 28.7 Å². The minimum atomic E-state index is 0.367. The Morgan fingerprint density at radius 2 is 1.73 bits per heavy atom. The number of halogens is 1. The van der Waals surface area contributed by atoms with Gasteiger partial charge in [-0.15, -0.1) is 0 Å². The number of carbonyl (C=O) groups is 1. The van der Waals surface area contributed by atoms with Gasteiger partial charge in [-0.1, -0.05) is 47.0 Å². The molecule has 142 valence electrons. The number of likely N-dealkylation sites (tertiary alicyclic amines) is 2. The standard InChI is InChI=1S/C22H31BrN2O/c23-20-7-4-3-6-19(20)16-24-14-11-17(12-15-24)21-8-2-1-5-13-25(21)22(26)18-9-10-18/h3-4,6-7,17-18,21H,1-2,5,8-16H2. The van der Waals surface area contributed by atoms with Crippen LogP contribution in [0.25, 0.3) is 0 Å². The lowest BCUT2D eigenvalue weighted by molar-refractivity contribution is -0.136. The molecular weight excluding hydrogens is 388 g/mol. The Kier molecular flexibility index (Phi) is 6.00. The van der Waals surface area contributed by atoms with Gasteiger partial charge in [-0.3, -0.25) is 9.69 Å². The highest BCUT2D eigenvalue weighted by atomic mass is 79.9. The van der Waals surface area contributed by atoms with Crippen molar-refractivity contribution >= 4 is 21.8 Å². The van der Waals surface area contributed by atoms with Crippen molar-refractivity contribution in [2.75, 3.05) is 19.6 Å². The zero-order valence-electron chi connectivity index (χ0n) is 15.7. The van der Waals surface area contributed by atoms with Crippen molar-refractivity contribution in [3.8, 4) is 0 Å². The second-order valence-electron chi connectivity index (χ2n) is 8.43. The van der Waals surface area contributed by atoms with E-state index in [1.807, 2.05) is 0 Å². The largest absolute Gasteiger partial charge is 0.339 e. The van der Waals surface area contributed by atoms with E-state index in [1.165, 1.54) is 48.6 Å². The highest BCUT2D eigenvalue weighted by Gasteiger charge is 2.39. The van der Waals surface area contributed by atoms with Crippen LogP contribution in [0.2, 0.25) is 0 Å². The molecule has 1 atom stereocenters. The van der Waals surface area contributed by atoms with E-state index >= 15 is 0 Å². The van der Waals surface area contributed by atoms with Crippen LogP contribution in [-0.4, -0.2) is 41.4 Å². The summed E-state index contributed by atoms with van der Waals surface area (Å²) in [7, 11) is 0. The van der Waals surface area contributed by atoms with Crippen molar-refractivity contribution in [1.82, 2.24) is 9.80 Å². The molecule has 1 aromatic rings. The fourth-order valence-corrected chi connectivity index (χ4v) is 5.24. The van der Waals surface area contributed by atoms with Crippen LogP contribution in [0.1, 0.15) is 56.9 Å². The van der Waals surface area contributed by atoms with Gasteiger partial charge in [-0.25, -0.2) is 0 Å². The summed E-state index contributed by atoms with van der Waals surface area (Å²) in [5, 5.41) is 0. The van der Waals surface area contributed by atoms with Crippen molar-refractivity contribution < 1.29 is 4.79 Å². The van der Waals surface area contributed by atoms with Gasteiger partial charge in [0.25, 0.3) is 0 Å². The molecule has 1 aliphatic carbocycles. The van der Waals surface area contributed by atoms with Gasteiger partial charge in [0.1, 0.15) is 0 Å². The Hall–Kier alpha value is -0.870. The lowest BCUT2D eigenvalue weighted by atomic mass is 9.85. The molecule has 26 heavy (non-hydrogen) atoms. The summed E-state index contributed by atoms with van der Waals surface area (Å²) < 4.78 is 1.21. The molecule has 2 heterocycles. The summed E-state index contributed by atoms with van der Waals surface area (Å²) >= 11 is 3.68. The maximum Gasteiger partial charge on any atom is 0.225 e. The molecule has 4 rings (SSSR count). The molecule has 3 nitrogen and oxygen atoms in total. The normalized spacial score (nSPS) is 25.9. The molecule has 3 aliphatic rings. The number of piperidine rings is 1. The van der Waals surface area contributed by atoms with Crippen LogP contribution in [0.3, 0.4) is 0 Å². The average Bonchev–Trinajstić information content (AvgIpc) is 3.51. The van der Waals surface area contributed by atoms with E-state index < -0.39 is 0 Å². The Morgan fingerprint density at radius 1 is 0.962 bits per heavy atom. The molecule has 0 bridgehead atoms. The van der Waals surface area contributed by atoms with E-state index in [9.17, 15) is 4.79 Å². The van der Waals surface area contributed by atoms with Gasteiger partial charge in [-0.05, 0) is 69.2 Å². The topological polar surface area (TPSA) is 23.6 Å². The lowest BCUT2D eigenvalue weighted by Gasteiger charge is -2.41. The molecule has 3 fully saturated rings. The number of hydrogen-bond donors (Lipinski definition) is 0. The van der Waals surface area contributed by atoms with Crippen LogP contribution in [0.4, 0.5) is 0 Å². The number of nitrogens with zero attached hydrogens (tertiary/aromatic N) is 2. The van der Waals surface area contributed by atoms with Crippen LogP contribution in [0, 0.1) is 11.8 Å². The van der Waals surface area contributed by atoms with E-state index in [0.717, 1.165) is 39.0 Å². The van der Waals surface area contributed by atoms with Gasteiger partial charge in [0.15, 0.2) is 0 Å². The number of amides is 1. The molecule has 1 amide bonds. The summed E-state index contributed by atoms with van der Waals surface area (Å²) in [6.07, 6.45) is 9.78. The average molecular weight is 419 g/mol. The number of hydrogen-bond acceptors (Lipinski definition) is 2. The molecule has 0 aromatic heterocycles. The SMILES string of the molecule is O=C(C1CC1)N1CCCCCC1C1CCN(Cc2ccccc2Br)CC1. The molecular formula is C22H31BrN2O. The Balaban J connectivity index is 1.36. The molecule has 0 spiro atoms. The second kappa shape index (κ2) is 8.43. The fourth-order valence-electron chi connectivity index (χ4n) is 4.83. The summed E-state index contributed by atoms with van der Waals surface area (Å²) in [5.41, 5.74) is 1.38. The minimum absolute atomic E-state index is 0.367. The van der Waals surface area contributed by atoms with Gasteiger partial charge in [0, 0.05) is 29.5 Å².